The molecule has 0 radical (unpaired) electrons. The molecule has 0 aliphatic rings. The smallest absolute Gasteiger partial charge is 0.251 e. The molecule has 2 N–H and O–H groups in total. The summed E-state index contributed by atoms with van der Waals surface area (Å²) in [4.78, 5) is 29.7. The van der Waals surface area contributed by atoms with E-state index in [9.17, 15) is 4.79 Å². The Labute approximate surface area is 216 Å². The summed E-state index contributed by atoms with van der Waals surface area (Å²) in [6.07, 6.45) is 8.12. The summed E-state index contributed by atoms with van der Waals surface area (Å²) >= 11 is 0. The molecule has 0 aliphatic heterocycles. The van der Waals surface area contributed by atoms with Crippen molar-refractivity contribution in [2.75, 3.05) is 26.2 Å². The second-order valence-electron chi connectivity index (χ2n) is 9.45. The highest BCUT2D eigenvalue weighted by molar-refractivity contribution is 5.94. The molecule has 0 fully saturated rings. The molecule has 0 unspecified atom stereocenters. The first-order valence-corrected chi connectivity index (χ1v) is 13.3. The molecule has 2 heterocycles. The van der Waals surface area contributed by atoms with Gasteiger partial charge in [-0.2, -0.15) is 0 Å². The van der Waals surface area contributed by atoms with Crippen molar-refractivity contribution in [3.63, 3.8) is 0 Å². The number of carbonyl (C=O) groups is 1. The Morgan fingerprint density at radius 3 is 2.36 bits per heavy atom. The summed E-state index contributed by atoms with van der Waals surface area (Å²) in [6.45, 7) is 12.8. The van der Waals surface area contributed by atoms with Crippen LogP contribution in [-0.2, 0) is 19.6 Å². The van der Waals surface area contributed by atoms with Crippen LogP contribution in [0.15, 0.2) is 54.9 Å². The van der Waals surface area contributed by atoms with Gasteiger partial charge in [0, 0.05) is 43.3 Å². The number of carbonyl (C=O) groups excluding carboxylic acids is 1. The van der Waals surface area contributed by atoms with Gasteiger partial charge in [0.25, 0.3) is 5.91 Å². The lowest BCUT2D eigenvalue weighted by Crippen LogP contribution is -2.28. The van der Waals surface area contributed by atoms with Crippen molar-refractivity contribution in [1.82, 2.24) is 30.1 Å². The highest BCUT2D eigenvalue weighted by Crippen LogP contribution is 2.13. The number of hydrogen-bond donors (Lipinski definition) is 2. The maximum absolute atomic E-state index is 12.6. The van der Waals surface area contributed by atoms with Crippen LogP contribution in [0.2, 0.25) is 0 Å². The number of aryl methyl sites for hydroxylation is 1. The van der Waals surface area contributed by atoms with Gasteiger partial charge in [-0.05, 0) is 82.1 Å². The van der Waals surface area contributed by atoms with Crippen molar-refractivity contribution in [2.45, 2.75) is 66.1 Å². The number of pyridine rings is 1. The maximum atomic E-state index is 12.6. The predicted molar refractivity (Wildman–Crippen MR) is 146 cm³/mol. The van der Waals surface area contributed by atoms with Crippen LogP contribution in [0, 0.1) is 6.92 Å². The Hall–Kier alpha value is -3.03. The standard InChI is InChI=1S/C29H42N6O/c1-4-18-34(19-5-2)20-7-6-15-32-29(36)26-13-11-25(12-14-26)21-35(23-28-30-16-17-31-28)22-27-10-8-9-24(3)33-27/h8-14,16-17H,4-7,15,18-23H2,1-3H3,(H,30,31)(H,32,36). The van der Waals surface area contributed by atoms with Gasteiger partial charge in [-0.3, -0.25) is 14.7 Å². The average Bonchev–Trinajstić information content (AvgIpc) is 3.37. The van der Waals surface area contributed by atoms with Gasteiger partial charge in [0.1, 0.15) is 5.82 Å². The number of aromatic nitrogens is 3. The van der Waals surface area contributed by atoms with E-state index in [1.807, 2.05) is 49.5 Å². The van der Waals surface area contributed by atoms with Crippen molar-refractivity contribution in [1.29, 1.82) is 0 Å². The molecular weight excluding hydrogens is 448 g/mol. The number of H-pyrrole nitrogens is 1. The summed E-state index contributed by atoms with van der Waals surface area (Å²) in [5, 5.41) is 3.08. The van der Waals surface area contributed by atoms with Crippen molar-refractivity contribution < 1.29 is 4.79 Å². The number of nitrogens with zero attached hydrogens (tertiary/aromatic N) is 4. The molecule has 3 rings (SSSR count). The molecule has 7 nitrogen and oxygen atoms in total. The van der Waals surface area contributed by atoms with E-state index in [4.69, 9.17) is 0 Å². The summed E-state index contributed by atoms with van der Waals surface area (Å²) < 4.78 is 0. The van der Waals surface area contributed by atoms with Gasteiger partial charge in [-0.25, -0.2) is 4.98 Å². The molecule has 2 aromatic heterocycles. The molecule has 0 spiro atoms. The Bertz CT molecular complexity index is 1010. The summed E-state index contributed by atoms with van der Waals surface area (Å²) in [6, 6.07) is 14.0. The van der Waals surface area contributed by atoms with Gasteiger partial charge >= 0.3 is 0 Å². The molecule has 0 saturated heterocycles. The Morgan fingerprint density at radius 2 is 1.69 bits per heavy atom. The first-order chi connectivity index (χ1) is 17.6. The van der Waals surface area contributed by atoms with Crippen molar-refractivity contribution in [3.05, 3.63) is 83.2 Å². The number of unbranched alkanes of at least 4 members (excludes halogenated alkanes) is 1. The van der Waals surface area contributed by atoms with Crippen LogP contribution < -0.4 is 5.32 Å². The summed E-state index contributed by atoms with van der Waals surface area (Å²) in [7, 11) is 0. The second kappa shape index (κ2) is 15.2. The van der Waals surface area contributed by atoms with Crippen LogP contribution in [-0.4, -0.2) is 56.8 Å². The van der Waals surface area contributed by atoms with Crippen molar-refractivity contribution >= 4 is 5.91 Å². The molecule has 1 aromatic carbocycles. The van der Waals surface area contributed by atoms with E-state index in [1.54, 1.807) is 6.20 Å². The van der Waals surface area contributed by atoms with E-state index >= 15 is 0 Å². The predicted octanol–water partition coefficient (Wildman–Crippen LogP) is 4.95. The van der Waals surface area contributed by atoms with Crippen LogP contribution in [0.5, 0.6) is 0 Å². The summed E-state index contributed by atoms with van der Waals surface area (Å²) in [5.41, 5.74) is 3.90. The van der Waals surface area contributed by atoms with Gasteiger partial charge in [0.15, 0.2) is 0 Å². The highest BCUT2D eigenvalue weighted by Gasteiger charge is 2.12. The van der Waals surface area contributed by atoms with Crippen LogP contribution in [0.4, 0.5) is 0 Å². The van der Waals surface area contributed by atoms with E-state index in [1.165, 1.54) is 12.8 Å². The van der Waals surface area contributed by atoms with Crippen molar-refractivity contribution in [2.24, 2.45) is 0 Å². The molecule has 0 aliphatic carbocycles. The molecule has 7 heteroatoms. The molecular formula is C29H42N6O. The monoisotopic (exact) mass is 490 g/mol. The lowest BCUT2D eigenvalue weighted by atomic mass is 10.1. The fraction of sp³-hybridized carbons (Fsp3) is 0.483. The topological polar surface area (TPSA) is 77.2 Å². The lowest BCUT2D eigenvalue weighted by Gasteiger charge is -2.21. The third-order valence-electron chi connectivity index (χ3n) is 6.15. The molecule has 194 valence electrons. The fourth-order valence-electron chi connectivity index (χ4n) is 4.43. The molecule has 0 bridgehead atoms. The Kier molecular flexibility index (Phi) is 11.6. The van der Waals surface area contributed by atoms with Crippen LogP contribution >= 0.6 is 0 Å². The third kappa shape index (κ3) is 9.55. The second-order valence-corrected chi connectivity index (χ2v) is 9.45. The highest BCUT2D eigenvalue weighted by atomic mass is 16.1. The average molecular weight is 491 g/mol. The number of nitrogens with one attached hydrogen (secondary N) is 2. The van der Waals surface area contributed by atoms with Gasteiger partial charge in [-0.1, -0.05) is 32.0 Å². The third-order valence-corrected chi connectivity index (χ3v) is 6.15. The SMILES string of the molecule is CCCN(CCC)CCCCNC(=O)c1ccc(CN(Cc2cccc(C)n2)Cc2ncc[nH]2)cc1. The summed E-state index contributed by atoms with van der Waals surface area (Å²) in [5.74, 6) is 0.920. The molecule has 3 aromatic rings. The first kappa shape index (κ1) is 27.6. The molecule has 0 saturated carbocycles. The van der Waals surface area contributed by atoms with E-state index in [0.717, 1.165) is 68.3 Å². The lowest BCUT2D eigenvalue weighted by molar-refractivity contribution is 0.0952. The number of aromatic amines is 1. The van der Waals surface area contributed by atoms with Gasteiger partial charge < -0.3 is 15.2 Å². The van der Waals surface area contributed by atoms with Gasteiger partial charge in [0.2, 0.25) is 0 Å². The van der Waals surface area contributed by atoms with Crippen LogP contribution in [0.1, 0.15) is 72.7 Å². The van der Waals surface area contributed by atoms with E-state index in [0.29, 0.717) is 18.7 Å². The maximum Gasteiger partial charge on any atom is 0.251 e. The number of benzene rings is 1. The number of hydrogen-bond acceptors (Lipinski definition) is 5. The molecule has 1 amide bonds. The zero-order valence-electron chi connectivity index (χ0n) is 22.2. The number of rotatable bonds is 16. The first-order valence-electron chi connectivity index (χ1n) is 13.3. The fourth-order valence-corrected chi connectivity index (χ4v) is 4.43. The van der Waals surface area contributed by atoms with E-state index in [-0.39, 0.29) is 5.91 Å². The van der Waals surface area contributed by atoms with Gasteiger partial charge in [-0.15, -0.1) is 0 Å². The number of imidazole rings is 1. The van der Waals surface area contributed by atoms with Crippen LogP contribution in [0.25, 0.3) is 0 Å². The van der Waals surface area contributed by atoms with Gasteiger partial charge in [0.05, 0.1) is 12.2 Å². The zero-order chi connectivity index (χ0) is 25.6. The number of amides is 1. The largest absolute Gasteiger partial charge is 0.352 e. The minimum absolute atomic E-state index is 0.00285. The Balaban J connectivity index is 1.49. The van der Waals surface area contributed by atoms with E-state index in [2.05, 4.69) is 50.0 Å². The molecule has 36 heavy (non-hydrogen) atoms. The molecule has 0 atom stereocenters. The quantitative estimate of drug-likeness (QED) is 0.278. The van der Waals surface area contributed by atoms with Crippen molar-refractivity contribution in [3.8, 4) is 0 Å². The zero-order valence-corrected chi connectivity index (χ0v) is 22.2. The minimum Gasteiger partial charge on any atom is -0.352 e. The normalized spacial score (nSPS) is 11.4. The van der Waals surface area contributed by atoms with Crippen LogP contribution in [0.3, 0.4) is 0 Å². The van der Waals surface area contributed by atoms with E-state index < -0.39 is 0 Å². The Morgan fingerprint density at radius 1 is 0.917 bits per heavy atom. The minimum atomic E-state index is -0.00285.